The number of carbonyl (C=O) groups is 2. The van der Waals surface area contributed by atoms with Gasteiger partial charge in [-0.2, -0.15) is 10.4 Å². The topological polar surface area (TPSA) is 122 Å². The molecule has 0 bridgehead atoms. The van der Waals surface area contributed by atoms with E-state index in [9.17, 15) is 9.59 Å². The number of nitriles is 1. The SMILES string of the molecule is N#CCCNC(=O)c1nn(C2CCCCO2)cc1NC(=O)c1cc2ccccc2o1. The minimum atomic E-state index is -0.485. The summed E-state index contributed by atoms with van der Waals surface area (Å²) in [6.07, 6.45) is 4.23. The fourth-order valence-electron chi connectivity index (χ4n) is 3.32. The number of para-hydroxylation sites is 1. The third-order valence-electron chi connectivity index (χ3n) is 4.82. The number of furan rings is 1. The Morgan fingerprint density at radius 1 is 1.27 bits per heavy atom. The van der Waals surface area contributed by atoms with Gasteiger partial charge in [0.15, 0.2) is 11.5 Å². The predicted molar refractivity (Wildman–Crippen MR) is 108 cm³/mol. The van der Waals surface area contributed by atoms with E-state index < -0.39 is 11.8 Å². The number of nitrogens with zero attached hydrogens (tertiary/aromatic N) is 3. The molecule has 154 valence electrons. The van der Waals surface area contributed by atoms with Gasteiger partial charge in [-0.15, -0.1) is 0 Å². The molecular formula is C21H21N5O4. The summed E-state index contributed by atoms with van der Waals surface area (Å²) in [6, 6.07) is 10.9. The zero-order valence-electron chi connectivity index (χ0n) is 16.3. The molecule has 0 spiro atoms. The zero-order chi connectivity index (χ0) is 20.9. The molecule has 2 N–H and O–H groups in total. The second-order valence-corrected chi connectivity index (χ2v) is 6.96. The predicted octanol–water partition coefficient (Wildman–Crippen LogP) is 3.22. The smallest absolute Gasteiger partial charge is 0.291 e. The molecule has 1 aliphatic heterocycles. The molecular weight excluding hydrogens is 386 g/mol. The highest BCUT2D eigenvalue weighted by molar-refractivity contribution is 6.08. The monoisotopic (exact) mass is 407 g/mol. The van der Waals surface area contributed by atoms with Crippen LogP contribution < -0.4 is 10.6 Å². The van der Waals surface area contributed by atoms with Crippen molar-refractivity contribution < 1.29 is 18.7 Å². The highest BCUT2D eigenvalue weighted by atomic mass is 16.5. The van der Waals surface area contributed by atoms with E-state index in [1.54, 1.807) is 23.0 Å². The van der Waals surface area contributed by atoms with Crippen molar-refractivity contribution >= 4 is 28.5 Å². The average Bonchev–Trinajstić information content (AvgIpc) is 3.39. The molecule has 9 heteroatoms. The van der Waals surface area contributed by atoms with Gasteiger partial charge in [0.25, 0.3) is 11.8 Å². The summed E-state index contributed by atoms with van der Waals surface area (Å²) >= 11 is 0. The largest absolute Gasteiger partial charge is 0.451 e. The number of ether oxygens (including phenoxy) is 1. The first-order valence-corrected chi connectivity index (χ1v) is 9.81. The van der Waals surface area contributed by atoms with Gasteiger partial charge in [0.05, 0.1) is 24.4 Å². The summed E-state index contributed by atoms with van der Waals surface area (Å²) < 4.78 is 12.9. The lowest BCUT2D eigenvalue weighted by molar-refractivity contribution is -0.0395. The Bertz CT molecular complexity index is 1070. The normalized spacial score (nSPS) is 16.2. The Morgan fingerprint density at radius 3 is 2.90 bits per heavy atom. The Morgan fingerprint density at radius 2 is 2.13 bits per heavy atom. The molecule has 1 fully saturated rings. The van der Waals surface area contributed by atoms with Crippen LogP contribution in [0.15, 0.2) is 40.9 Å². The number of nitrogens with one attached hydrogen (secondary N) is 2. The summed E-state index contributed by atoms with van der Waals surface area (Å²) in [5.41, 5.74) is 0.916. The minimum Gasteiger partial charge on any atom is -0.451 e. The minimum absolute atomic E-state index is 0.0616. The van der Waals surface area contributed by atoms with Crippen LogP contribution in [0.3, 0.4) is 0 Å². The highest BCUT2D eigenvalue weighted by Crippen LogP contribution is 2.26. The molecule has 4 rings (SSSR count). The lowest BCUT2D eigenvalue weighted by Gasteiger charge is -2.22. The van der Waals surface area contributed by atoms with Crippen molar-refractivity contribution in [3.8, 4) is 6.07 Å². The second-order valence-electron chi connectivity index (χ2n) is 6.96. The van der Waals surface area contributed by atoms with Crippen LogP contribution in [0.1, 0.15) is 53.0 Å². The number of anilines is 1. The molecule has 2 amide bonds. The van der Waals surface area contributed by atoms with Crippen LogP contribution >= 0.6 is 0 Å². The van der Waals surface area contributed by atoms with Gasteiger partial charge in [0.2, 0.25) is 0 Å². The van der Waals surface area contributed by atoms with Gasteiger partial charge < -0.3 is 19.8 Å². The quantitative estimate of drug-likeness (QED) is 0.605. The molecule has 3 aromatic rings. The number of rotatable bonds is 6. The number of hydrogen-bond acceptors (Lipinski definition) is 6. The van der Waals surface area contributed by atoms with Gasteiger partial charge in [-0.25, -0.2) is 4.68 Å². The molecule has 3 heterocycles. The lowest BCUT2D eigenvalue weighted by atomic mass is 10.2. The molecule has 1 saturated heterocycles. The first-order valence-electron chi connectivity index (χ1n) is 9.81. The van der Waals surface area contributed by atoms with Crippen molar-refractivity contribution in [2.24, 2.45) is 0 Å². The van der Waals surface area contributed by atoms with Crippen molar-refractivity contribution in [1.29, 1.82) is 5.26 Å². The van der Waals surface area contributed by atoms with Crippen LogP contribution in [0.5, 0.6) is 0 Å². The first kappa shape index (κ1) is 19.7. The van der Waals surface area contributed by atoms with E-state index in [0.29, 0.717) is 12.2 Å². The van der Waals surface area contributed by atoms with E-state index in [1.807, 2.05) is 24.3 Å². The molecule has 0 aliphatic carbocycles. The van der Waals surface area contributed by atoms with Crippen LogP contribution in [0.25, 0.3) is 11.0 Å². The third kappa shape index (κ3) is 4.18. The molecule has 1 atom stereocenters. The molecule has 1 unspecified atom stereocenters. The summed E-state index contributed by atoms with van der Waals surface area (Å²) in [7, 11) is 0. The Balaban J connectivity index is 1.59. The zero-order valence-corrected chi connectivity index (χ0v) is 16.3. The lowest BCUT2D eigenvalue weighted by Crippen LogP contribution is -2.26. The van der Waals surface area contributed by atoms with Gasteiger partial charge in [0, 0.05) is 18.5 Å². The number of amides is 2. The van der Waals surface area contributed by atoms with Crippen molar-refractivity contribution in [3.63, 3.8) is 0 Å². The molecule has 9 nitrogen and oxygen atoms in total. The molecule has 1 aromatic carbocycles. The molecule has 0 radical (unpaired) electrons. The summed E-state index contributed by atoms with van der Waals surface area (Å²) in [5.74, 6) is -0.824. The summed E-state index contributed by atoms with van der Waals surface area (Å²) in [4.78, 5) is 25.3. The van der Waals surface area contributed by atoms with E-state index in [4.69, 9.17) is 14.4 Å². The van der Waals surface area contributed by atoms with Crippen LogP contribution in [0, 0.1) is 11.3 Å². The van der Waals surface area contributed by atoms with Crippen LogP contribution in [0.2, 0.25) is 0 Å². The van der Waals surface area contributed by atoms with Gasteiger partial charge in [0.1, 0.15) is 11.8 Å². The maximum atomic E-state index is 12.8. The van der Waals surface area contributed by atoms with E-state index in [0.717, 1.165) is 24.6 Å². The van der Waals surface area contributed by atoms with Crippen molar-refractivity contribution in [1.82, 2.24) is 15.1 Å². The molecule has 30 heavy (non-hydrogen) atoms. The van der Waals surface area contributed by atoms with Gasteiger partial charge in [-0.3, -0.25) is 9.59 Å². The van der Waals surface area contributed by atoms with E-state index in [1.165, 1.54) is 0 Å². The van der Waals surface area contributed by atoms with Crippen LogP contribution in [0.4, 0.5) is 5.69 Å². The number of hydrogen-bond donors (Lipinski definition) is 2. The van der Waals surface area contributed by atoms with Crippen LogP contribution in [-0.2, 0) is 4.74 Å². The summed E-state index contributed by atoms with van der Waals surface area (Å²) in [5, 5.41) is 19.2. The van der Waals surface area contributed by atoms with E-state index in [2.05, 4.69) is 15.7 Å². The van der Waals surface area contributed by atoms with Crippen molar-refractivity contribution in [3.05, 3.63) is 48.0 Å². The highest BCUT2D eigenvalue weighted by Gasteiger charge is 2.24. The Kier molecular flexibility index (Phi) is 5.77. The molecule has 0 saturated carbocycles. The van der Waals surface area contributed by atoms with E-state index in [-0.39, 0.29) is 36.3 Å². The number of fused-ring (bicyclic) bond motifs is 1. The second kappa shape index (κ2) is 8.80. The standard InChI is InChI=1S/C21H21N5O4/c22-9-5-10-23-21(28)19-15(13-26(25-19)18-8-3-4-11-29-18)24-20(27)17-12-14-6-1-2-7-16(14)30-17/h1-2,6-7,12-13,18H,3-5,8,10-11H2,(H,23,28)(H,24,27). The maximum Gasteiger partial charge on any atom is 0.291 e. The third-order valence-corrected chi connectivity index (χ3v) is 4.82. The number of aromatic nitrogens is 2. The first-order chi connectivity index (χ1) is 14.7. The summed E-state index contributed by atoms with van der Waals surface area (Å²) in [6.45, 7) is 0.813. The van der Waals surface area contributed by atoms with Crippen molar-refractivity contribution in [2.45, 2.75) is 31.9 Å². The fraction of sp³-hybridized carbons (Fsp3) is 0.333. The Labute approximate surface area is 172 Å². The Hall–Kier alpha value is -3.64. The molecule has 2 aromatic heterocycles. The van der Waals surface area contributed by atoms with Crippen LogP contribution in [-0.4, -0.2) is 34.7 Å². The van der Waals surface area contributed by atoms with E-state index >= 15 is 0 Å². The molecule has 1 aliphatic rings. The average molecular weight is 407 g/mol. The number of benzene rings is 1. The van der Waals surface area contributed by atoms with Crippen molar-refractivity contribution in [2.75, 3.05) is 18.5 Å². The maximum absolute atomic E-state index is 12.8. The number of carbonyl (C=O) groups excluding carboxylic acids is 2. The van der Waals surface area contributed by atoms with Gasteiger partial charge in [-0.05, 0) is 31.4 Å². The fourth-order valence-corrected chi connectivity index (χ4v) is 3.32. The van der Waals surface area contributed by atoms with Gasteiger partial charge >= 0.3 is 0 Å². The van der Waals surface area contributed by atoms with Gasteiger partial charge in [-0.1, -0.05) is 18.2 Å².